The molecule has 0 N–H and O–H groups in total. The molecule has 0 bridgehead atoms. The molecule has 4 heteroatoms. The number of rotatable bonds is 4. The van der Waals surface area contributed by atoms with Gasteiger partial charge in [-0.25, -0.2) is 4.79 Å². The monoisotopic (exact) mass is 201 g/mol. The van der Waals surface area contributed by atoms with E-state index in [1.807, 2.05) is 4.57 Å². The van der Waals surface area contributed by atoms with Crippen LogP contribution in [0.25, 0.3) is 0 Å². The summed E-state index contributed by atoms with van der Waals surface area (Å²) in [7, 11) is -1.49. The predicted octanol–water partition coefficient (Wildman–Crippen LogP) is 2.44. The van der Waals surface area contributed by atoms with E-state index in [-0.39, 0.29) is 6.09 Å². The Morgan fingerprint density at radius 2 is 1.85 bits per heavy atom. The van der Waals surface area contributed by atoms with Gasteiger partial charge in [0.2, 0.25) is 0 Å². The number of ether oxygens (including phenoxy) is 1. The first-order valence-electron chi connectivity index (χ1n) is 5.14. The highest BCUT2D eigenvalue weighted by Crippen LogP contribution is 2.27. The second-order valence-corrected chi connectivity index (χ2v) is 8.66. The maximum atomic E-state index is 11.4. The molecule has 0 unspecified atom stereocenters. The van der Waals surface area contributed by atoms with E-state index in [0.29, 0.717) is 6.61 Å². The van der Waals surface area contributed by atoms with Gasteiger partial charge in [0.25, 0.3) is 0 Å². The summed E-state index contributed by atoms with van der Waals surface area (Å²) in [5.41, 5.74) is 0. The molecule has 1 aliphatic rings. The summed E-state index contributed by atoms with van der Waals surface area (Å²) in [4.78, 5) is 11.4. The van der Waals surface area contributed by atoms with E-state index in [1.54, 1.807) is 0 Å². The van der Waals surface area contributed by atoms with E-state index in [1.165, 1.54) is 0 Å². The normalized spacial score (nSPS) is 17.8. The van der Waals surface area contributed by atoms with Crippen molar-refractivity contribution in [3.63, 3.8) is 0 Å². The minimum absolute atomic E-state index is 0.0720. The van der Waals surface area contributed by atoms with Crippen LogP contribution in [0.4, 0.5) is 4.79 Å². The third-order valence-corrected chi connectivity index (χ3v) is 8.81. The first-order valence-corrected chi connectivity index (χ1v) is 7.71. The molecule has 1 saturated heterocycles. The van der Waals surface area contributed by atoms with Gasteiger partial charge in [-0.05, 0) is 18.1 Å². The Balaban J connectivity index is 2.79. The Morgan fingerprint density at radius 1 is 1.31 bits per heavy atom. The third-order valence-electron chi connectivity index (χ3n) is 3.31. The van der Waals surface area contributed by atoms with Crippen LogP contribution >= 0.6 is 0 Å². The van der Waals surface area contributed by atoms with Crippen molar-refractivity contribution in [1.29, 1.82) is 0 Å². The number of amides is 1. The summed E-state index contributed by atoms with van der Waals surface area (Å²) in [5.74, 6) is 0. The van der Waals surface area contributed by atoms with Crippen molar-refractivity contribution in [3.8, 4) is 0 Å². The van der Waals surface area contributed by atoms with E-state index in [0.717, 1.165) is 24.7 Å². The zero-order valence-corrected chi connectivity index (χ0v) is 9.80. The molecule has 1 rings (SSSR count). The van der Waals surface area contributed by atoms with Gasteiger partial charge in [-0.2, -0.15) is 0 Å². The molecule has 1 amide bonds. The Bertz CT molecular complexity index is 184. The molecule has 0 radical (unpaired) electrons. The number of cyclic esters (lactones) is 1. The summed E-state index contributed by atoms with van der Waals surface area (Å²) in [6, 6.07) is 3.44. The van der Waals surface area contributed by atoms with Crippen LogP contribution in [-0.2, 0) is 4.74 Å². The van der Waals surface area contributed by atoms with E-state index in [4.69, 9.17) is 4.74 Å². The molecule has 76 valence electrons. The summed E-state index contributed by atoms with van der Waals surface area (Å²) in [6.07, 6.45) is -0.0720. The molecule has 0 aromatic carbocycles. The van der Waals surface area contributed by atoms with Crippen molar-refractivity contribution in [3.05, 3.63) is 0 Å². The van der Waals surface area contributed by atoms with E-state index >= 15 is 0 Å². The first kappa shape index (κ1) is 10.6. The van der Waals surface area contributed by atoms with E-state index in [9.17, 15) is 4.79 Å². The summed E-state index contributed by atoms with van der Waals surface area (Å²) < 4.78 is 7.03. The van der Waals surface area contributed by atoms with Crippen LogP contribution in [0.1, 0.15) is 20.8 Å². The van der Waals surface area contributed by atoms with Gasteiger partial charge >= 0.3 is 6.09 Å². The standard InChI is InChI=1S/C9H19NO2Si/c1-4-13(5-2,6-3)10-7-8-12-9(10)11/h4-8H2,1-3H3. The predicted molar refractivity (Wildman–Crippen MR) is 55.3 cm³/mol. The lowest BCUT2D eigenvalue weighted by Gasteiger charge is -2.35. The number of carbonyl (C=O) groups excluding carboxylic acids is 1. The lowest BCUT2D eigenvalue weighted by atomic mass is 10.7. The minimum atomic E-state index is -1.49. The van der Waals surface area contributed by atoms with Crippen molar-refractivity contribution in [2.24, 2.45) is 0 Å². The van der Waals surface area contributed by atoms with Crippen molar-refractivity contribution in [1.82, 2.24) is 4.57 Å². The highest BCUT2D eigenvalue weighted by atomic mass is 28.3. The Labute approximate surface area is 81.1 Å². The highest BCUT2D eigenvalue weighted by Gasteiger charge is 2.41. The highest BCUT2D eigenvalue weighted by molar-refractivity contribution is 6.78. The number of hydrogen-bond acceptors (Lipinski definition) is 2. The summed E-state index contributed by atoms with van der Waals surface area (Å²) >= 11 is 0. The van der Waals surface area contributed by atoms with Gasteiger partial charge in [0.1, 0.15) is 6.61 Å². The molecule has 0 saturated carbocycles. The first-order chi connectivity index (χ1) is 6.20. The Morgan fingerprint density at radius 3 is 2.15 bits per heavy atom. The quantitative estimate of drug-likeness (QED) is 0.654. The van der Waals surface area contributed by atoms with Gasteiger partial charge in [0.05, 0.1) is 0 Å². The van der Waals surface area contributed by atoms with Crippen molar-refractivity contribution in [2.45, 2.75) is 38.9 Å². The second-order valence-electron chi connectivity index (χ2n) is 3.55. The molecule has 3 nitrogen and oxygen atoms in total. The summed E-state index contributed by atoms with van der Waals surface area (Å²) in [5, 5.41) is 0. The van der Waals surface area contributed by atoms with Crippen LogP contribution < -0.4 is 0 Å². The average molecular weight is 201 g/mol. The van der Waals surface area contributed by atoms with Crippen molar-refractivity contribution in [2.75, 3.05) is 13.2 Å². The van der Waals surface area contributed by atoms with Crippen molar-refractivity contribution >= 4 is 14.3 Å². The Hall–Kier alpha value is -0.513. The van der Waals surface area contributed by atoms with E-state index < -0.39 is 8.24 Å². The fourth-order valence-electron chi connectivity index (χ4n) is 2.15. The van der Waals surface area contributed by atoms with Gasteiger partial charge in [-0.3, -0.25) is 0 Å². The van der Waals surface area contributed by atoms with E-state index in [2.05, 4.69) is 20.8 Å². The minimum Gasteiger partial charge on any atom is -0.448 e. The Kier molecular flexibility index (Phi) is 3.36. The molecular formula is C9H19NO2Si. The average Bonchev–Trinajstić information content (AvgIpc) is 2.57. The molecule has 1 heterocycles. The van der Waals surface area contributed by atoms with Gasteiger partial charge in [0, 0.05) is 6.54 Å². The van der Waals surface area contributed by atoms with Crippen LogP contribution in [0.15, 0.2) is 0 Å². The molecule has 0 aromatic rings. The molecule has 0 aromatic heterocycles. The van der Waals surface area contributed by atoms with Crippen LogP contribution in [0.3, 0.4) is 0 Å². The molecule has 1 fully saturated rings. The maximum Gasteiger partial charge on any atom is 0.401 e. The zero-order valence-electron chi connectivity index (χ0n) is 8.80. The van der Waals surface area contributed by atoms with Gasteiger partial charge < -0.3 is 9.30 Å². The van der Waals surface area contributed by atoms with Crippen molar-refractivity contribution < 1.29 is 9.53 Å². The summed E-state index contributed by atoms with van der Waals surface area (Å²) in [6.45, 7) is 8.01. The molecule has 0 atom stereocenters. The fraction of sp³-hybridized carbons (Fsp3) is 0.889. The molecule has 13 heavy (non-hydrogen) atoms. The van der Waals surface area contributed by atoms with Gasteiger partial charge in [0.15, 0.2) is 8.24 Å². The van der Waals surface area contributed by atoms with Crippen LogP contribution in [0, 0.1) is 0 Å². The fourth-order valence-corrected chi connectivity index (χ4v) is 5.81. The largest absolute Gasteiger partial charge is 0.448 e. The maximum absolute atomic E-state index is 11.4. The topological polar surface area (TPSA) is 29.5 Å². The van der Waals surface area contributed by atoms with Gasteiger partial charge in [-0.15, -0.1) is 0 Å². The van der Waals surface area contributed by atoms with Gasteiger partial charge in [-0.1, -0.05) is 20.8 Å². The lowest BCUT2D eigenvalue weighted by Crippen LogP contribution is -2.52. The second kappa shape index (κ2) is 4.13. The third kappa shape index (κ3) is 1.72. The zero-order chi connectivity index (χ0) is 9.90. The lowest BCUT2D eigenvalue weighted by molar-refractivity contribution is 0.168. The molecular weight excluding hydrogens is 182 g/mol. The van der Waals surface area contributed by atoms with Crippen LogP contribution in [0.2, 0.25) is 18.1 Å². The number of hydrogen-bond donors (Lipinski definition) is 0. The SMILES string of the molecule is CC[Si](CC)(CC)N1CCOC1=O. The number of carbonyl (C=O) groups is 1. The molecule has 1 aliphatic heterocycles. The number of nitrogens with zero attached hydrogens (tertiary/aromatic N) is 1. The molecule has 0 aliphatic carbocycles. The van der Waals surface area contributed by atoms with Crippen LogP contribution in [-0.4, -0.2) is 32.0 Å². The molecule has 0 spiro atoms. The smallest absolute Gasteiger partial charge is 0.401 e. The van der Waals surface area contributed by atoms with Crippen LogP contribution in [0.5, 0.6) is 0 Å².